The zero-order chi connectivity index (χ0) is 19.3. The van der Waals surface area contributed by atoms with Gasteiger partial charge < -0.3 is 16.3 Å². The number of nitrogens with zero attached hydrogens (tertiary/aromatic N) is 3. The molecule has 2 aliphatic rings. The number of hydrogen-bond acceptors (Lipinski definition) is 5. The summed E-state index contributed by atoms with van der Waals surface area (Å²) in [6.07, 6.45) is 2.45. The van der Waals surface area contributed by atoms with Crippen LogP contribution in [0.3, 0.4) is 0 Å². The number of nitrogen functional groups attached to an aromatic ring is 1. The molecule has 3 atom stereocenters. The molecule has 9 heteroatoms. The summed E-state index contributed by atoms with van der Waals surface area (Å²) in [7, 11) is 1.69. The van der Waals surface area contributed by atoms with Crippen LogP contribution in [0.5, 0.6) is 0 Å². The maximum absolute atomic E-state index is 13.3. The van der Waals surface area contributed by atoms with E-state index >= 15 is 0 Å². The van der Waals surface area contributed by atoms with E-state index in [4.69, 9.17) is 22.5 Å². The van der Waals surface area contributed by atoms with E-state index in [2.05, 4.69) is 15.6 Å². The molecule has 0 bridgehead atoms. The molecule has 2 fully saturated rings. The topological polar surface area (TPSA) is 106 Å². The third kappa shape index (κ3) is 2.93. The van der Waals surface area contributed by atoms with Crippen molar-refractivity contribution in [2.24, 2.45) is 24.0 Å². The fourth-order valence-corrected chi connectivity index (χ4v) is 4.38. The number of rotatable bonds is 3. The van der Waals surface area contributed by atoms with Crippen LogP contribution in [0.4, 0.5) is 15.9 Å². The largest absolute Gasteiger partial charge is 0.411 e. The quantitative estimate of drug-likeness (QED) is 0.550. The number of carbonyl (C=O) groups excluding carboxylic acids is 1. The first-order valence-electron chi connectivity index (χ1n) is 8.68. The molecule has 7 nitrogen and oxygen atoms in total. The van der Waals surface area contributed by atoms with Gasteiger partial charge in [-0.05, 0) is 43.4 Å². The number of nitrogens with one attached hydrogen (secondary N) is 1. The molecule has 27 heavy (non-hydrogen) atoms. The van der Waals surface area contributed by atoms with Crippen molar-refractivity contribution in [1.82, 2.24) is 9.78 Å². The van der Waals surface area contributed by atoms with E-state index in [1.54, 1.807) is 7.05 Å². The molecule has 0 saturated heterocycles. The molecular weight excluding hydrogens is 373 g/mol. The third-order valence-electron chi connectivity index (χ3n) is 5.63. The van der Waals surface area contributed by atoms with E-state index in [0.717, 1.165) is 25.0 Å². The van der Waals surface area contributed by atoms with Gasteiger partial charge >= 0.3 is 0 Å². The fourth-order valence-electron chi connectivity index (χ4n) is 4.20. The number of benzene rings is 1. The summed E-state index contributed by atoms with van der Waals surface area (Å²) in [5.41, 5.74) is 8.27. The van der Waals surface area contributed by atoms with E-state index in [1.807, 2.05) is 0 Å². The van der Waals surface area contributed by atoms with Crippen molar-refractivity contribution >= 4 is 34.7 Å². The van der Waals surface area contributed by atoms with Crippen molar-refractivity contribution in [3.8, 4) is 0 Å². The van der Waals surface area contributed by atoms with E-state index in [0.29, 0.717) is 22.9 Å². The van der Waals surface area contributed by atoms with Crippen molar-refractivity contribution in [3.63, 3.8) is 0 Å². The Morgan fingerprint density at radius 3 is 2.96 bits per heavy atom. The highest BCUT2D eigenvalue weighted by molar-refractivity contribution is 6.31. The highest BCUT2D eigenvalue weighted by Crippen LogP contribution is 2.52. The minimum atomic E-state index is -0.556. The number of anilines is 2. The fraction of sp³-hybridized carbons (Fsp3) is 0.389. The minimum Gasteiger partial charge on any atom is -0.411 e. The number of fused-ring (bicyclic) bond motifs is 1. The number of hydrogen-bond donors (Lipinski definition) is 3. The summed E-state index contributed by atoms with van der Waals surface area (Å²) in [6.45, 7) is 0. The summed E-state index contributed by atoms with van der Waals surface area (Å²) in [4.78, 5) is 12.9. The molecule has 2 aromatic rings. The molecule has 0 spiro atoms. The van der Waals surface area contributed by atoms with Crippen LogP contribution >= 0.6 is 11.6 Å². The lowest BCUT2D eigenvalue weighted by atomic mass is 9.74. The number of nitrogens with two attached hydrogens (primary N) is 1. The molecule has 1 aromatic heterocycles. The van der Waals surface area contributed by atoms with E-state index in [1.165, 1.54) is 22.9 Å². The Balaban J connectivity index is 1.61. The van der Waals surface area contributed by atoms with Gasteiger partial charge in [-0.15, -0.1) is 0 Å². The molecule has 1 amide bonds. The van der Waals surface area contributed by atoms with Gasteiger partial charge in [0.15, 0.2) is 0 Å². The predicted molar refractivity (Wildman–Crippen MR) is 99.8 cm³/mol. The zero-order valence-corrected chi connectivity index (χ0v) is 15.4. The van der Waals surface area contributed by atoms with E-state index in [9.17, 15) is 9.18 Å². The summed E-state index contributed by atoms with van der Waals surface area (Å²) in [5, 5.41) is 19.5. The Morgan fingerprint density at radius 2 is 2.26 bits per heavy atom. The maximum Gasteiger partial charge on any atom is 0.261 e. The lowest BCUT2D eigenvalue weighted by molar-refractivity contribution is 0.102. The summed E-state index contributed by atoms with van der Waals surface area (Å²) < 4.78 is 14.8. The van der Waals surface area contributed by atoms with Crippen LogP contribution < -0.4 is 11.1 Å². The van der Waals surface area contributed by atoms with Crippen LogP contribution in [0, 0.1) is 17.7 Å². The monoisotopic (exact) mass is 391 g/mol. The molecule has 0 aliphatic heterocycles. The van der Waals surface area contributed by atoms with Crippen molar-refractivity contribution in [1.29, 1.82) is 0 Å². The average molecular weight is 392 g/mol. The first-order chi connectivity index (χ1) is 12.9. The first kappa shape index (κ1) is 17.8. The summed E-state index contributed by atoms with van der Waals surface area (Å²) >= 11 is 5.78. The highest BCUT2D eigenvalue weighted by atomic mass is 35.5. The molecule has 3 unspecified atom stereocenters. The SMILES string of the molecule is Cn1nc(C2CC3CC(=NO)C3C2)c(C(=O)Nc2ccc(F)c(Cl)c2)c1N. The summed E-state index contributed by atoms with van der Waals surface area (Å²) in [6, 6.07) is 3.97. The number of aryl methyl sites for hydroxylation is 1. The second-order valence-corrected chi connectivity index (χ2v) is 7.59. The Hall–Kier alpha value is -2.61. The van der Waals surface area contributed by atoms with Crippen LogP contribution in [0.2, 0.25) is 5.02 Å². The Kier molecular flexibility index (Phi) is 4.30. The molecule has 2 aliphatic carbocycles. The molecule has 0 radical (unpaired) electrons. The van der Waals surface area contributed by atoms with Gasteiger partial charge in [0.25, 0.3) is 5.91 Å². The van der Waals surface area contributed by atoms with E-state index in [-0.39, 0.29) is 22.7 Å². The van der Waals surface area contributed by atoms with Gasteiger partial charge in [0.05, 0.1) is 16.4 Å². The van der Waals surface area contributed by atoms with Crippen molar-refractivity contribution in [2.45, 2.75) is 25.2 Å². The Morgan fingerprint density at radius 1 is 1.48 bits per heavy atom. The van der Waals surface area contributed by atoms with Crippen molar-refractivity contribution in [2.75, 3.05) is 11.1 Å². The van der Waals surface area contributed by atoms with Gasteiger partial charge in [-0.2, -0.15) is 5.10 Å². The number of oxime groups is 1. The Labute approximate surface area is 160 Å². The van der Waals surface area contributed by atoms with Gasteiger partial charge in [0, 0.05) is 24.6 Å². The third-order valence-corrected chi connectivity index (χ3v) is 5.92. The van der Waals surface area contributed by atoms with Crippen LogP contribution in [0.25, 0.3) is 0 Å². The zero-order valence-electron chi connectivity index (χ0n) is 14.6. The Bertz CT molecular complexity index is 957. The number of amides is 1. The molecular formula is C18H19ClFN5O2. The minimum absolute atomic E-state index is 0.0697. The normalized spacial score (nSPS) is 25.3. The van der Waals surface area contributed by atoms with Gasteiger partial charge in [-0.25, -0.2) is 4.39 Å². The van der Waals surface area contributed by atoms with Gasteiger partial charge in [-0.3, -0.25) is 9.48 Å². The molecule has 1 aromatic carbocycles. The van der Waals surface area contributed by atoms with Crippen LogP contribution in [0.1, 0.15) is 41.2 Å². The summed E-state index contributed by atoms with van der Waals surface area (Å²) in [5.74, 6) is 0.0740. The molecule has 2 saturated carbocycles. The van der Waals surface area contributed by atoms with Crippen LogP contribution in [-0.4, -0.2) is 26.6 Å². The first-order valence-corrected chi connectivity index (χ1v) is 9.06. The maximum atomic E-state index is 13.3. The van der Waals surface area contributed by atoms with Gasteiger partial charge in [0.2, 0.25) is 0 Å². The standard InChI is InChI=1S/C18H19ClFN5O2/c1-25-17(21)15(18(26)22-10-2-3-13(20)12(19)7-10)16(23-25)9-4-8-6-14(24-27)11(8)5-9/h2-3,7-9,11,27H,4-6,21H2,1H3,(H,22,26). The number of aromatic nitrogens is 2. The van der Waals surface area contributed by atoms with Gasteiger partial charge in [-0.1, -0.05) is 16.8 Å². The molecule has 142 valence electrons. The van der Waals surface area contributed by atoms with Crippen LogP contribution in [0.15, 0.2) is 23.4 Å². The van der Waals surface area contributed by atoms with Crippen LogP contribution in [-0.2, 0) is 7.05 Å². The lowest BCUT2D eigenvalue weighted by Crippen LogP contribution is -2.32. The molecule has 1 heterocycles. The second-order valence-electron chi connectivity index (χ2n) is 7.18. The van der Waals surface area contributed by atoms with Gasteiger partial charge in [0.1, 0.15) is 17.2 Å². The molecule has 4 rings (SSSR count). The smallest absolute Gasteiger partial charge is 0.261 e. The second kappa shape index (κ2) is 6.53. The van der Waals surface area contributed by atoms with E-state index < -0.39 is 11.7 Å². The average Bonchev–Trinajstić information content (AvgIpc) is 3.10. The predicted octanol–water partition coefficient (Wildman–Crippen LogP) is 3.39. The number of halogens is 2. The molecule has 4 N–H and O–H groups in total. The lowest BCUT2D eigenvalue weighted by Gasteiger charge is -2.30. The van der Waals surface area contributed by atoms with Crippen molar-refractivity contribution < 1.29 is 14.4 Å². The highest BCUT2D eigenvalue weighted by Gasteiger charge is 2.47. The number of carbonyl (C=O) groups is 1. The van der Waals surface area contributed by atoms with Crippen molar-refractivity contribution in [3.05, 3.63) is 40.3 Å².